The first-order valence-corrected chi connectivity index (χ1v) is 9.43. The Kier molecular flexibility index (Phi) is 6.89. The van der Waals surface area contributed by atoms with Crippen LogP contribution in [0.1, 0.15) is 21.7 Å². The number of alkyl halides is 3. The highest BCUT2D eigenvalue weighted by Crippen LogP contribution is 2.31. The lowest BCUT2D eigenvalue weighted by molar-refractivity contribution is -0.137. The summed E-state index contributed by atoms with van der Waals surface area (Å²) in [7, 11) is 3.34. The number of ether oxygens (including phenoxy) is 1. The minimum Gasteiger partial charge on any atom is -0.491 e. The third kappa shape index (κ3) is 5.30. The summed E-state index contributed by atoms with van der Waals surface area (Å²) in [5.74, 6) is -0.0876. The molecular formula is C21H20F3N5O3. The van der Waals surface area contributed by atoms with Crippen LogP contribution in [0.3, 0.4) is 0 Å². The van der Waals surface area contributed by atoms with Gasteiger partial charge in [0.15, 0.2) is 11.6 Å². The Balaban J connectivity index is 2.01. The molecule has 0 aliphatic heterocycles. The van der Waals surface area contributed by atoms with Crippen LogP contribution in [0, 0.1) is 0 Å². The molecule has 3 aromatic rings. The Bertz CT molecular complexity index is 1110. The van der Waals surface area contributed by atoms with Crippen LogP contribution >= 0.6 is 0 Å². The maximum Gasteiger partial charge on any atom is 0.416 e. The van der Waals surface area contributed by atoms with Gasteiger partial charge in [-0.3, -0.25) is 4.79 Å². The highest BCUT2D eigenvalue weighted by Gasteiger charge is 2.31. The molecule has 0 aliphatic rings. The average molecular weight is 447 g/mol. The molecule has 0 bridgehead atoms. The molecule has 0 amide bonds. The fourth-order valence-electron chi connectivity index (χ4n) is 2.84. The van der Waals surface area contributed by atoms with Gasteiger partial charge in [0.1, 0.15) is 12.4 Å². The lowest BCUT2D eigenvalue weighted by Crippen LogP contribution is -2.14. The number of aliphatic hydroxyl groups is 1. The van der Waals surface area contributed by atoms with E-state index in [1.54, 1.807) is 43.3 Å². The van der Waals surface area contributed by atoms with E-state index in [0.717, 1.165) is 12.1 Å². The van der Waals surface area contributed by atoms with Crippen LogP contribution in [0.25, 0.3) is 11.3 Å². The van der Waals surface area contributed by atoms with E-state index >= 15 is 0 Å². The van der Waals surface area contributed by atoms with Gasteiger partial charge in [-0.2, -0.15) is 17.9 Å². The predicted octanol–water partition coefficient (Wildman–Crippen LogP) is 2.84. The van der Waals surface area contributed by atoms with Crippen molar-refractivity contribution in [3.63, 3.8) is 0 Å². The van der Waals surface area contributed by atoms with E-state index in [1.165, 1.54) is 23.0 Å². The highest BCUT2D eigenvalue weighted by molar-refractivity contribution is 6.28. The molecule has 0 spiro atoms. The van der Waals surface area contributed by atoms with Gasteiger partial charge in [0.2, 0.25) is 0 Å². The van der Waals surface area contributed by atoms with Gasteiger partial charge >= 0.3 is 6.18 Å². The number of carbonyl (C=O) groups is 1. The van der Waals surface area contributed by atoms with E-state index in [4.69, 9.17) is 9.84 Å². The van der Waals surface area contributed by atoms with Crippen molar-refractivity contribution >= 4 is 11.4 Å². The summed E-state index contributed by atoms with van der Waals surface area (Å²) < 4.78 is 46.0. The van der Waals surface area contributed by atoms with Crippen molar-refractivity contribution in [3.05, 3.63) is 71.7 Å². The normalized spacial score (nSPS) is 12.0. The predicted molar refractivity (Wildman–Crippen MR) is 109 cm³/mol. The van der Waals surface area contributed by atoms with Crippen molar-refractivity contribution in [1.82, 2.24) is 25.1 Å². The monoisotopic (exact) mass is 447 g/mol. The zero-order valence-corrected chi connectivity index (χ0v) is 17.2. The fourth-order valence-corrected chi connectivity index (χ4v) is 2.84. The molecule has 168 valence electrons. The van der Waals surface area contributed by atoms with Crippen LogP contribution in [0.15, 0.2) is 54.7 Å². The van der Waals surface area contributed by atoms with E-state index in [9.17, 15) is 18.0 Å². The van der Waals surface area contributed by atoms with Crippen LogP contribution in [-0.2, 0) is 6.18 Å². The molecule has 0 saturated heterocycles. The molecular weight excluding hydrogens is 427 g/mol. The molecule has 8 nitrogen and oxygen atoms in total. The zero-order valence-electron chi connectivity index (χ0n) is 17.2. The van der Waals surface area contributed by atoms with E-state index in [2.05, 4.69) is 15.5 Å². The molecule has 1 aromatic heterocycles. The summed E-state index contributed by atoms with van der Waals surface area (Å²) in [6, 6.07) is 10.8. The number of halogens is 3. The number of carbonyl (C=O) groups excluding carboxylic acids is 1. The van der Waals surface area contributed by atoms with Gasteiger partial charge in [0, 0.05) is 25.9 Å². The number of aliphatic hydroxyl groups excluding tert-OH is 1. The minimum atomic E-state index is -4.58. The van der Waals surface area contributed by atoms with Crippen molar-refractivity contribution in [3.8, 4) is 11.4 Å². The molecule has 0 radical (unpaired) electrons. The number of rotatable bonds is 8. The van der Waals surface area contributed by atoms with Gasteiger partial charge in [0.05, 0.1) is 23.4 Å². The van der Waals surface area contributed by atoms with E-state index in [-0.39, 0.29) is 30.2 Å². The summed E-state index contributed by atoms with van der Waals surface area (Å²) in [6.07, 6.45) is -3.13. The standard InChI is InChI=1S/C21H20F3N5O3/c1-28(2)13-18(19(31)14-4-3-5-15(12-14)21(22,23)24)20-25-26-27-29(20)16-6-8-17(9-7-16)32-11-10-30/h3-9,12-13,30H,10-11H2,1-2H3. The Hall–Kier alpha value is -3.73. The van der Waals surface area contributed by atoms with Crippen molar-refractivity contribution in [1.29, 1.82) is 0 Å². The second kappa shape index (κ2) is 9.60. The third-order valence-electron chi connectivity index (χ3n) is 4.24. The number of Topliss-reactive ketones (excluding diaryl/α,β-unsaturated/α-hetero) is 1. The van der Waals surface area contributed by atoms with Gasteiger partial charge in [-0.05, 0) is 46.8 Å². The quantitative estimate of drug-likeness (QED) is 0.419. The van der Waals surface area contributed by atoms with Crippen LogP contribution in [-0.4, -0.2) is 63.3 Å². The molecule has 0 fully saturated rings. The lowest BCUT2D eigenvalue weighted by Gasteiger charge is -2.13. The number of nitrogens with zero attached hydrogens (tertiary/aromatic N) is 5. The number of tetrazole rings is 1. The van der Waals surface area contributed by atoms with Gasteiger partial charge in [0.25, 0.3) is 0 Å². The van der Waals surface area contributed by atoms with Crippen molar-refractivity contribution in [2.45, 2.75) is 6.18 Å². The van der Waals surface area contributed by atoms with Crippen molar-refractivity contribution in [2.75, 3.05) is 27.3 Å². The van der Waals surface area contributed by atoms with Crippen LogP contribution in [0.2, 0.25) is 0 Å². The average Bonchev–Trinajstić information content (AvgIpc) is 3.25. The molecule has 3 rings (SSSR count). The van der Waals surface area contributed by atoms with Crippen LogP contribution in [0.5, 0.6) is 5.75 Å². The van der Waals surface area contributed by atoms with Crippen molar-refractivity contribution < 1.29 is 27.8 Å². The molecule has 1 N–H and O–H groups in total. The molecule has 11 heteroatoms. The lowest BCUT2D eigenvalue weighted by atomic mass is 10.0. The number of hydrogen-bond donors (Lipinski definition) is 1. The number of benzene rings is 2. The Morgan fingerprint density at radius 3 is 2.53 bits per heavy atom. The zero-order chi connectivity index (χ0) is 23.3. The Labute approximate surface area is 181 Å². The van der Waals surface area contributed by atoms with Gasteiger partial charge < -0.3 is 14.7 Å². The van der Waals surface area contributed by atoms with Gasteiger partial charge in [-0.15, -0.1) is 5.10 Å². The van der Waals surface area contributed by atoms with E-state index in [0.29, 0.717) is 11.4 Å². The van der Waals surface area contributed by atoms with E-state index in [1.807, 2.05) is 0 Å². The first-order chi connectivity index (χ1) is 15.2. The first-order valence-electron chi connectivity index (χ1n) is 9.43. The molecule has 1 heterocycles. The maximum atomic E-state index is 13.2. The van der Waals surface area contributed by atoms with Crippen LogP contribution in [0.4, 0.5) is 13.2 Å². The summed E-state index contributed by atoms with van der Waals surface area (Å²) in [5, 5.41) is 20.3. The topological polar surface area (TPSA) is 93.4 Å². The Morgan fingerprint density at radius 1 is 1.19 bits per heavy atom. The molecule has 2 aromatic carbocycles. The highest BCUT2D eigenvalue weighted by atomic mass is 19.4. The SMILES string of the molecule is CN(C)C=C(C(=O)c1cccc(C(F)(F)F)c1)c1nnnn1-c1ccc(OCCO)cc1. The molecule has 0 atom stereocenters. The van der Waals surface area contributed by atoms with Crippen molar-refractivity contribution in [2.24, 2.45) is 0 Å². The number of hydrogen-bond acceptors (Lipinski definition) is 7. The molecule has 0 aliphatic carbocycles. The fraction of sp³-hybridized carbons (Fsp3) is 0.238. The van der Waals surface area contributed by atoms with Gasteiger partial charge in [-0.25, -0.2) is 0 Å². The largest absolute Gasteiger partial charge is 0.491 e. The van der Waals surface area contributed by atoms with Crippen LogP contribution < -0.4 is 4.74 Å². The summed E-state index contributed by atoms with van der Waals surface area (Å²) in [6.45, 7) is 0.00588. The number of aromatic nitrogens is 4. The first kappa shape index (κ1) is 22.9. The summed E-state index contributed by atoms with van der Waals surface area (Å²) >= 11 is 0. The molecule has 0 unspecified atom stereocenters. The Morgan fingerprint density at radius 2 is 1.91 bits per heavy atom. The summed E-state index contributed by atoms with van der Waals surface area (Å²) in [4.78, 5) is 14.8. The molecule has 32 heavy (non-hydrogen) atoms. The second-order valence-corrected chi connectivity index (χ2v) is 6.89. The molecule has 0 saturated carbocycles. The number of allylic oxidation sites excluding steroid dienone is 1. The smallest absolute Gasteiger partial charge is 0.416 e. The second-order valence-electron chi connectivity index (χ2n) is 6.89. The third-order valence-corrected chi connectivity index (χ3v) is 4.24. The maximum absolute atomic E-state index is 13.2. The van der Waals surface area contributed by atoms with Gasteiger partial charge in [-0.1, -0.05) is 12.1 Å². The number of ketones is 1. The summed E-state index contributed by atoms with van der Waals surface area (Å²) in [5.41, 5.74) is -0.552. The minimum absolute atomic E-state index is 0.0138. The van der Waals surface area contributed by atoms with E-state index < -0.39 is 17.5 Å².